The van der Waals surface area contributed by atoms with Crippen molar-refractivity contribution in [1.82, 2.24) is 0 Å². The fourth-order valence-electron chi connectivity index (χ4n) is 2.41. The number of aliphatic hydroxyl groups excluding tert-OH is 2. The second-order valence-corrected chi connectivity index (χ2v) is 6.46. The molecule has 0 aliphatic heterocycles. The summed E-state index contributed by atoms with van der Waals surface area (Å²) in [4.78, 5) is 0. The highest BCUT2D eigenvalue weighted by Gasteiger charge is 2.35. The van der Waals surface area contributed by atoms with Crippen molar-refractivity contribution in [1.29, 1.82) is 0 Å². The predicted octanol–water partition coefficient (Wildman–Crippen LogP) is 3.23. The lowest BCUT2D eigenvalue weighted by Crippen LogP contribution is -2.47. The molecule has 0 aliphatic carbocycles. The Hall–Kier alpha value is -1.38. The number of aliphatic hydroxyl groups is 2. The fraction of sp³-hybridized carbons (Fsp3) is 0.667. The number of halogens is 4. The Kier molecular flexibility index (Phi) is 9.32. The van der Waals surface area contributed by atoms with Gasteiger partial charge in [-0.1, -0.05) is 12.5 Å². The van der Waals surface area contributed by atoms with Gasteiger partial charge in [0.15, 0.2) is 0 Å². The van der Waals surface area contributed by atoms with E-state index in [-0.39, 0.29) is 25.2 Å². The van der Waals surface area contributed by atoms with Crippen molar-refractivity contribution in [3.8, 4) is 5.75 Å². The van der Waals surface area contributed by atoms with Crippen molar-refractivity contribution in [3.63, 3.8) is 0 Å². The minimum absolute atomic E-state index is 0.135. The Morgan fingerprint density at radius 2 is 1.65 bits per heavy atom. The molecule has 0 bridgehead atoms. The van der Waals surface area contributed by atoms with E-state index in [1.165, 1.54) is 12.1 Å². The van der Waals surface area contributed by atoms with Crippen LogP contribution in [0.5, 0.6) is 5.75 Å². The monoisotopic (exact) mass is 381 g/mol. The summed E-state index contributed by atoms with van der Waals surface area (Å²) in [7, 11) is 0. The topological polar surface area (TPSA) is 75.7 Å². The molecular formula is C18H27F4NO3. The highest BCUT2D eigenvalue weighted by molar-refractivity contribution is 5.39. The first-order chi connectivity index (χ1) is 12.3. The van der Waals surface area contributed by atoms with Gasteiger partial charge in [-0.05, 0) is 49.8 Å². The van der Waals surface area contributed by atoms with Crippen LogP contribution in [-0.4, -0.2) is 42.2 Å². The largest absolute Gasteiger partial charge is 0.493 e. The summed E-state index contributed by atoms with van der Waals surface area (Å²) in [5.41, 5.74) is 4.04. The average Bonchev–Trinajstić information content (AvgIpc) is 2.62. The van der Waals surface area contributed by atoms with E-state index in [1.807, 2.05) is 0 Å². The van der Waals surface area contributed by atoms with Gasteiger partial charge in [0.25, 0.3) is 0 Å². The van der Waals surface area contributed by atoms with Gasteiger partial charge in [0.1, 0.15) is 5.75 Å². The van der Waals surface area contributed by atoms with Gasteiger partial charge in [-0.15, -0.1) is 0 Å². The third-order valence-corrected chi connectivity index (χ3v) is 4.18. The zero-order valence-corrected chi connectivity index (χ0v) is 14.7. The Morgan fingerprint density at radius 3 is 2.23 bits per heavy atom. The predicted molar refractivity (Wildman–Crippen MR) is 90.8 cm³/mol. The molecule has 0 saturated heterocycles. The molecule has 0 aliphatic rings. The summed E-state index contributed by atoms with van der Waals surface area (Å²) in [5.74, 6) is -0.241. The van der Waals surface area contributed by atoms with Crippen LogP contribution in [0.2, 0.25) is 0 Å². The molecule has 4 nitrogen and oxygen atoms in total. The van der Waals surface area contributed by atoms with Crippen LogP contribution < -0.4 is 10.5 Å². The van der Waals surface area contributed by atoms with Gasteiger partial charge >= 0.3 is 6.18 Å². The third kappa shape index (κ3) is 7.47. The molecule has 1 aromatic rings. The van der Waals surface area contributed by atoms with Gasteiger partial charge in [0, 0.05) is 0 Å². The van der Waals surface area contributed by atoms with E-state index >= 15 is 0 Å². The van der Waals surface area contributed by atoms with E-state index in [9.17, 15) is 17.6 Å². The number of ether oxygens (including phenoxy) is 1. The quantitative estimate of drug-likeness (QED) is 0.384. The van der Waals surface area contributed by atoms with Crippen LogP contribution in [0.3, 0.4) is 0 Å². The molecule has 8 heteroatoms. The SMILES string of the molecule is NC(CO)(CO)CCc1ccc(OCCCCCCF)c(C(F)(F)F)c1. The molecule has 0 heterocycles. The lowest BCUT2D eigenvalue weighted by atomic mass is 9.93. The number of alkyl halides is 4. The normalized spacial score (nSPS) is 12.4. The number of nitrogens with two attached hydrogens (primary N) is 1. The minimum atomic E-state index is -4.56. The number of hydrogen-bond acceptors (Lipinski definition) is 4. The summed E-state index contributed by atoms with van der Waals surface area (Å²) in [5, 5.41) is 18.3. The maximum Gasteiger partial charge on any atom is 0.419 e. The fourth-order valence-corrected chi connectivity index (χ4v) is 2.41. The van der Waals surface area contributed by atoms with Crippen molar-refractivity contribution >= 4 is 0 Å². The lowest BCUT2D eigenvalue weighted by Gasteiger charge is -2.24. The van der Waals surface area contributed by atoms with Crippen molar-refractivity contribution in [2.75, 3.05) is 26.5 Å². The van der Waals surface area contributed by atoms with Gasteiger partial charge in [-0.25, -0.2) is 0 Å². The molecule has 150 valence electrons. The number of rotatable bonds is 12. The zero-order chi connectivity index (χ0) is 19.6. The van der Waals surface area contributed by atoms with Gasteiger partial charge in [-0.2, -0.15) is 13.2 Å². The van der Waals surface area contributed by atoms with Crippen molar-refractivity contribution in [2.45, 2.75) is 50.2 Å². The van der Waals surface area contributed by atoms with E-state index in [0.717, 1.165) is 6.07 Å². The van der Waals surface area contributed by atoms with Crippen molar-refractivity contribution < 1.29 is 32.5 Å². The molecule has 0 amide bonds. The number of benzene rings is 1. The third-order valence-electron chi connectivity index (χ3n) is 4.18. The van der Waals surface area contributed by atoms with Gasteiger partial charge < -0.3 is 20.7 Å². The molecule has 0 fully saturated rings. The summed E-state index contributed by atoms with van der Waals surface area (Å²) in [6.07, 6.45) is -1.84. The molecular weight excluding hydrogens is 354 g/mol. The van der Waals surface area contributed by atoms with Crippen LogP contribution in [0.15, 0.2) is 18.2 Å². The number of hydrogen-bond donors (Lipinski definition) is 3. The first-order valence-corrected chi connectivity index (χ1v) is 8.65. The maximum absolute atomic E-state index is 13.3. The lowest BCUT2D eigenvalue weighted by molar-refractivity contribution is -0.139. The van der Waals surface area contributed by atoms with Crippen LogP contribution in [0.1, 0.15) is 43.2 Å². The standard InChI is InChI=1S/C18H27F4NO3/c19-9-3-1-2-4-10-26-16-6-5-14(11-15(16)18(20,21)22)7-8-17(23,12-24)13-25/h5-6,11,24-25H,1-4,7-10,12-13,23H2. The highest BCUT2D eigenvalue weighted by atomic mass is 19.4. The van der Waals surface area contributed by atoms with Gasteiger partial charge in [0.05, 0.1) is 37.6 Å². The van der Waals surface area contributed by atoms with E-state index in [1.54, 1.807) is 0 Å². The molecule has 4 N–H and O–H groups in total. The van der Waals surface area contributed by atoms with Crippen LogP contribution >= 0.6 is 0 Å². The van der Waals surface area contributed by atoms with Crippen LogP contribution in [0.25, 0.3) is 0 Å². The zero-order valence-electron chi connectivity index (χ0n) is 14.7. The molecule has 0 aromatic heterocycles. The van der Waals surface area contributed by atoms with Crippen LogP contribution in [0.4, 0.5) is 17.6 Å². The van der Waals surface area contributed by atoms with E-state index in [2.05, 4.69) is 0 Å². The summed E-state index contributed by atoms with van der Waals surface area (Å²) in [6, 6.07) is 3.80. The van der Waals surface area contributed by atoms with E-state index in [4.69, 9.17) is 20.7 Å². The minimum Gasteiger partial charge on any atom is -0.493 e. The van der Waals surface area contributed by atoms with Crippen molar-refractivity contribution in [2.24, 2.45) is 5.73 Å². The Labute approximate surface area is 151 Å². The molecule has 26 heavy (non-hydrogen) atoms. The first-order valence-electron chi connectivity index (χ1n) is 8.65. The molecule has 0 spiro atoms. The smallest absolute Gasteiger partial charge is 0.419 e. The first kappa shape index (κ1) is 22.7. The Balaban J connectivity index is 2.74. The molecule has 1 rings (SSSR count). The van der Waals surface area contributed by atoms with Crippen LogP contribution in [-0.2, 0) is 12.6 Å². The van der Waals surface area contributed by atoms with Crippen molar-refractivity contribution in [3.05, 3.63) is 29.3 Å². The van der Waals surface area contributed by atoms with E-state index in [0.29, 0.717) is 31.2 Å². The summed E-state index contributed by atoms with van der Waals surface area (Å²) < 4.78 is 57.1. The number of unbranched alkanes of at least 4 members (excludes halogenated alkanes) is 3. The molecule has 0 atom stereocenters. The van der Waals surface area contributed by atoms with Crippen LogP contribution in [0, 0.1) is 0 Å². The summed E-state index contributed by atoms with van der Waals surface area (Å²) >= 11 is 0. The highest BCUT2D eigenvalue weighted by Crippen LogP contribution is 2.37. The van der Waals surface area contributed by atoms with Gasteiger partial charge in [-0.3, -0.25) is 4.39 Å². The Bertz CT molecular complexity index is 534. The summed E-state index contributed by atoms with van der Waals surface area (Å²) in [6.45, 7) is -1.18. The maximum atomic E-state index is 13.3. The molecule has 0 saturated carbocycles. The molecule has 0 unspecified atom stereocenters. The van der Waals surface area contributed by atoms with E-state index < -0.39 is 37.2 Å². The Morgan fingerprint density at radius 1 is 1.00 bits per heavy atom. The molecule has 0 radical (unpaired) electrons. The molecule has 1 aromatic carbocycles. The second kappa shape index (κ2) is 10.7. The average molecular weight is 381 g/mol. The second-order valence-electron chi connectivity index (χ2n) is 6.46. The number of aryl methyl sites for hydroxylation is 1. The van der Waals surface area contributed by atoms with Gasteiger partial charge in [0.2, 0.25) is 0 Å².